The van der Waals surface area contributed by atoms with Gasteiger partial charge in [0.1, 0.15) is 17.4 Å². The molecule has 2 aromatic carbocycles. The molecule has 3 aromatic rings. The lowest BCUT2D eigenvalue weighted by Gasteiger charge is -2.28. The molecule has 0 radical (unpaired) electrons. The Morgan fingerprint density at radius 3 is 2.80 bits per heavy atom. The summed E-state index contributed by atoms with van der Waals surface area (Å²) in [5.41, 5.74) is 3.02. The van der Waals surface area contributed by atoms with Gasteiger partial charge >= 0.3 is 0 Å². The van der Waals surface area contributed by atoms with Crippen molar-refractivity contribution in [2.24, 2.45) is 0 Å². The molecule has 0 bridgehead atoms. The molecule has 0 atom stereocenters. The van der Waals surface area contributed by atoms with Gasteiger partial charge in [0.2, 0.25) is 5.91 Å². The molecule has 1 amide bonds. The number of halogens is 2. The fraction of sp³-hybridized carbons (Fsp3) is 0.273. The number of hydrogen-bond acceptors (Lipinski definition) is 4. The van der Waals surface area contributed by atoms with Crippen molar-refractivity contribution in [1.29, 1.82) is 0 Å². The zero-order valence-electron chi connectivity index (χ0n) is 16.6. The van der Waals surface area contributed by atoms with E-state index >= 15 is 0 Å². The van der Waals surface area contributed by atoms with Gasteiger partial charge in [-0.25, -0.2) is 8.78 Å². The zero-order valence-corrected chi connectivity index (χ0v) is 16.6. The van der Waals surface area contributed by atoms with Crippen LogP contribution in [-0.2, 0) is 17.8 Å². The van der Waals surface area contributed by atoms with E-state index in [0.29, 0.717) is 42.3 Å². The highest BCUT2D eigenvalue weighted by atomic mass is 19.1. The molecule has 0 spiro atoms. The molecule has 0 saturated heterocycles. The summed E-state index contributed by atoms with van der Waals surface area (Å²) in [4.78, 5) is 30.6. The SMILES string of the molecule is COc1cc(C)c2[nH]c3c(c(=O)c2c1)CN(CC(=O)Nc1ccc(F)cc1F)CC3. The van der Waals surface area contributed by atoms with Crippen LogP contribution < -0.4 is 15.5 Å². The number of nitrogens with one attached hydrogen (secondary N) is 2. The molecule has 0 saturated carbocycles. The lowest BCUT2D eigenvalue weighted by Crippen LogP contribution is -2.39. The topological polar surface area (TPSA) is 74.4 Å². The second-order valence-corrected chi connectivity index (χ2v) is 7.41. The summed E-state index contributed by atoms with van der Waals surface area (Å²) in [6.07, 6.45) is 0.587. The third-order valence-corrected chi connectivity index (χ3v) is 5.34. The number of nitrogens with zero attached hydrogens (tertiary/aromatic N) is 1. The van der Waals surface area contributed by atoms with Crippen molar-refractivity contribution in [2.75, 3.05) is 25.5 Å². The molecule has 2 N–H and O–H groups in total. The number of methoxy groups -OCH3 is 1. The van der Waals surface area contributed by atoms with Gasteiger partial charge < -0.3 is 15.0 Å². The maximum absolute atomic E-state index is 13.8. The minimum Gasteiger partial charge on any atom is -0.497 e. The highest BCUT2D eigenvalue weighted by molar-refractivity contribution is 5.92. The molecule has 6 nitrogen and oxygen atoms in total. The lowest BCUT2D eigenvalue weighted by molar-refractivity contribution is -0.117. The lowest BCUT2D eigenvalue weighted by atomic mass is 10.0. The number of ether oxygens (including phenoxy) is 1. The normalized spacial score (nSPS) is 13.9. The van der Waals surface area contributed by atoms with Crippen LogP contribution in [0.2, 0.25) is 0 Å². The van der Waals surface area contributed by atoms with Gasteiger partial charge in [0.15, 0.2) is 5.43 Å². The Morgan fingerprint density at radius 2 is 2.07 bits per heavy atom. The number of fused-ring (bicyclic) bond motifs is 2. The number of hydrogen-bond donors (Lipinski definition) is 2. The van der Waals surface area contributed by atoms with Gasteiger partial charge in [0.25, 0.3) is 0 Å². The van der Waals surface area contributed by atoms with E-state index in [4.69, 9.17) is 4.74 Å². The molecular weight excluding hydrogens is 392 g/mol. The summed E-state index contributed by atoms with van der Waals surface area (Å²) in [6.45, 7) is 2.78. The highest BCUT2D eigenvalue weighted by Gasteiger charge is 2.23. The first-order chi connectivity index (χ1) is 14.4. The number of amides is 1. The van der Waals surface area contributed by atoms with Crippen molar-refractivity contribution in [1.82, 2.24) is 9.88 Å². The van der Waals surface area contributed by atoms with E-state index in [-0.39, 0.29) is 17.7 Å². The van der Waals surface area contributed by atoms with Crippen LogP contribution in [0.1, 0.15) is 16.8 Å². The Labute approximate surface area is 171 Å². The molecule has 0 aliphatic carbocycles. The van der Waals surface area contributed by atoms with E-state index in [1.165, 1.54) is 6.07 Å². The standard InChI is InChI=1S/C22H21F2N3O3/c1-12-7-14(30-2)9-15-21(12)26-18-5-6-27(10-16(18)22(15)29)11-20(28)25-19-4-3-13(23)8-17(19)24/h3-4,7-9H,5-6,10-11H2,1-2H3,(H,25,28)(H,26,29). The quantitative estimate of drug-likeness (QED) is 0.689. The van der Waals surface area contributed by atoms with E-state index in [2.05, 4.69) is 10.3 Å². The Kier molecular flexibility index (Phi) is 5.26. The van der Waals surface area contributed by atoms with E-state index < -0.39 is 17.5 Å². The van der Waals surface area contributed by atoms with Gasteiger partial charge in [-0.2, -0.15) is 0 Å². The van der Waals surface area contributed by atoms with Gasteiger partial charge in [-0.3, -0.25) is 14.5 Å². The number of anilines is 1. The number of aromatic amines is 1. The van der Waals surface area contributed by atoms with Gasteiger partial charge in [0.05, 0.1) is 24.9 Å². The number of carbonyl (C=O) groups excluding carboxylic acids is 1. The number of rotatable bonds is 4. The Bertz CT molecular complexity index is 1210. The summed E-state index contributed by atoms with van der Waals surface area (Å²) in [5.74, 6) is -1.37. The van der Waals surface area contributed by atoms with Gasteiger partial charge in [-0.1, -0.05) is 0 Å². The molecular formula is C22H21F2N3O3. The minimum absolute atomic E-state index is 0.00906. The molecule has 4 rings (SSSR count). The summed E-state index contributed by atoms with van der Waals surface area (Å²) in [5, 5.41) is 3.00. The first-order valence-corrected chi connectivity index (χ1v) is 9.55. The summed E-state index contributed by atoms with van der Waals surface area (Å²) >= 11 is 0. The third-order valence-electron chi connectivity index (χ3n) is 5.34. The van der Waals surface area contributed by atoms with Crippen molar-refractivity contribution in [3.63, 3.8) is 0 Å². The summed E-state index contributed by atoms with van der Waals surface area (Å²) in [6, 6.07) is 6.56. The van der Waals surface area contributed by atoms with Crippen molar-refractivity contribution >= 4 is 22.5 Å². The zero-order chi connectivity index (χ0) is 21.4. The Hall–Kier alpha value is -3.26. The van der Waals surface area contributed by atoms with E-state index in [1.807, 2.05) is 17.9 Å². The molecule has 1 aliphatic heterocycles. The van der Waals surface area contributed by atoms with Crippen LogP contribution in [-0.4, -0.2) is 36.0 Å². The smallest absolute Gasteiger partial charge is 0.238 e. The van der Waals surface area contributed by atoms with Crippen molar-refractivity contribution < 1.29 is 18.3 Å². The Balaban J connectivity index is 1.55. The minimum atomic E-state index is -0.834. The van der Waals surface area contributed by atoms with E-state index in [1.54, 1.807) is 13.2 Å². The van der Waals surface area contributed by atoms with Crippen molar-refractivity contribution in [2.45, 2.75) is 19.9 Å². The molecule has 1 aromatic heterocycles. The molecule has 1 aliphatic rings. The number of aryl methyl sites for hydroxylation is 1. The molecule has 2 heterocycles. The number of benzene rings is 2. The van der Waals surface area contributed by atoms with Gasteiger partial charge in [-0.15, -0.1) is 0 Å². The van der Waals surface area contributed by atoms with Crippen LogP contribution in [0.25, 0.3) is 10.9 Å². The monoisotopic (exact) mass is 413 g/mol. The number of pyridine rings is 1. The van der Waals surface area contributed by atoms with E-state index in [0.717, 1.165) is 22.8 Å². The number of aromatic nitrogens is 1. The second-order valence-electron chi connectivity index (χ2n) is 7.41. The van der Waals surface area contributed by atoms with Gasteiger partial charge in [-0.05, 0) is 36.8 Å². The van der Waals surface area contributed by atoms with Crippen LogP contribution in [0.4, 0.5) is 14.5 Å². The van der Waals surface area contributed by atoms with E-state index in [9.17, 15) is 18.4 Å². The Morgan fingerprint density at radius 1 is 1.27 bits per heavy atom. The van der Waals surface area contributed by atoms with Crippen molar-refractivity contribution in [3.05, 3.63) is 69.0 Å². The van der Waals surface area contributed by atoms with Crippen molar-refractivity contribution in [3.8, 4) is 5.75 Å². The first-order valence-electron chi connectivity index (χ1n) is 9.55. The predicted octanol–water partition coefficient (Wildman–Crippen LogP) is 3.12. The predicted molar refractivity (Wildman–Crippen MR) is 110 cm³/mol. The number of carbonyl (C=O) groups is 1. The highest BCUT2D eigenvalue weighted by Crippen LogP contribution is 2.25. The largest absolute Gasteiger partial charge is 0.497 e. The maximum atomic E-state index is 13.8. The average molecular weight is 413 g/mol. The van der Waals surface area contributed by atoms with Crippen LogP contribution in [0, 0.1) is 18.6 Å². The van der Waals surface area contributed by atoms with Crippen LogP contribution in [0.3, 0.4) is 0 Å². The maximum Gasteiger partial charge on any atom is 0.238 e. The molecule has 0 fully saturated rings. The molecule has 8 heteroatoms. The van der Waals surface area contributed by atoms with Crippen LogP contribution in [0.15, 0.2) is 35.1 Å². The third kappa shape index (κ3) is 3.78. The fourth-order valence-electron chi connectivity index (χ4n) is 3.81. The molecule has 30 heavy (non-hydrogen) atoms. The summed E-state index contributed by atoms with van der Waals surface area (Å²) < 4.78 is 32.1. The molecule has 156 valence electrons. The van der Waals surface area contributed by atoms with Gasteiger partial charge in [0, 0.05) is 42.2 Å². The van der Waals surface area contributed by atoms with Crippen LogP contribution in [0.5, 0.6) is 5.75 Å². The number of H-pyrrole nitrogens is 1. The second kappa shape index (κ2) is 7.87. The fourth-order valence-corrected chi connectivity index (χ4v) is 3.81. The summed E-state index contributed by atoms with van der Waals surface area (Å²) in [7, 11) is 1.55. The molecule has 0 unspecified atom stereocenters. The first kappa shape index (κ1) is 20.0. The average Bonchev–Trinajstić information content (AvgIpc) is 2.71. The van der Waals surface area contributed by atoms with Crippen LogP contribution >= 0.6 is 0 Å².